The predicted octanol–water partition coefficient (Wildman–Crippen LogP) is 3.13. The van der Waals surface area contributed by atoms with Gasteiger partial charge in [-0.1, -0.05) is 18.2 Å². The Morgan fingerprint density at radius 2 is 2.17 bits per heavy atom. The zero-order valence-corrected chi connectivity index (χ0v) is 12.3. The van der Waals surface area contributed by atoms with Crippen LogP contribution in [0, 0.1) is 0 Å². The lowest BCUT2D eigenvalue weighted by Gasteiger charge is -2.15. The Kier molecular flexibility index (Phi) is 5.45. The average Bonchev–Trinajstić information content (AvgIpc) is 2.89. The number of thioether (sulfide) groups is 2. The van der Waals surface area contributed by atoms with Gasteiger partial charge in [0.1, 0.15) is 0 Å². The molecule has 2 rings (SSSR count). The van der Waals surface area contributed by atoms with Gasteiger partial charge in [0.15, 0.2) is 0 Å². The van der Waals surface area contributed by atoms with Crippen molar-refractivity contribution in [3.8, 4) is 0 Å². The number of hydrogen-bond donors (Lipinski definition) is 0. The fraction of sp³-hybridized carbons (Fsp3) is 0.500. The highest BCUT2D eigenvalue weighted by molar-refractivity contribution is 7.99. The molecule has 1 aromatic rings. The summed E-state index contributed by atoms with van der Waals surface area (Å²) in [7, 11) is 0. The van der Waals surface area contributed by atoms with Crippen molar-refractivity contribution < 1.29 is 4.79 Å². The van der Waals surface area contributed by atoms with E-state index >= 15 is 0 Å². The van der Waals surface area contributed by atoms with Gasteiger partial charge in [0, 0.05) is 35.4 Å². The molecule has 1 amide bonds. The van der Waals surface area contributed by atoms with Gasteiger partial charge in [-0.25, -0.2) is 0 Å². The summed E-state index contributed by atoms with van der Waals surface area (Å²) in [6, 6.07) is 10.3. The summed E-state index contributed by atoms with van der Waals surface area (Å²) in [5.41, 5.74) is 0. The van der Waals surface area contributed by atoms with Crippen LogP contribution in [-0.4, -0.2) is 41.2 Å². The summed E-state index contributed by atoms with van der Waals surface area (Å²) in [4.78, 5) is 15.3. The van der Waals surface area contributed by atoms with Gasteiger partial charge in [-0.15, -0.1) is 11.8 Å². The van der Waals surface area contributed by atoms with E-state index in [2.05, 4.69) is 18.4 Å². The molecule has 98 valence electrons. The Bertz CT molecular complexity index is 383. The van der Waals surface area contributed by atoms with Gasteiger partial charge in [0.25, 0.3) is 0 Å². The third-order valence-corrected chi connectivity index (χ3v) is 5.22. The molecule has 1 heterocycles. The van der Waals surface area contributed by atoms with E-state index in [9.17, 15) is 4.79 Å². The summed E-state index contributed by atoms with van der Waals surface area (Å²) < 4.78 is 0. The zero-order chi connectivity index (χ0) is 12.8. The summed E-state index contributed by atoms with van der Waals surface area (Å²) >= 11 is 3.64. The molecule has 1 atom stereocenters. The fourth-order valence-electron chi connectivity index (χ4n) is 2.08. The molecular weight excluding hydrogens is 262 g/mol. The highest BCUT2D eigenvalue weighted by Gasteiger charge is 2.24. The van der Waals surface area contributed by atoms with Gasteiger partial charge in [0.2, 0.25) is 5.91 Å². The number of hydrogen-bond acceptors (Lipinski definition) is 3. The smallest absolute Gasteiger partial charge is 0.223 e. The molecule has 0 N–H and O–H groups in total. The second kappa shape index (κ2) is 7.10. The van der Waals surface area contributed by atoms with Crippen LogP contribution in [0.1, 0.15) is 12.8 Å². The van der Waals surface area contributed by atoms with Crippen molar-refractivity contribution in [3.63, 3.8) is 0 Å². The van der Waals surface area contributed by atoms with Crippen LogP contribution in [0.5, 0.6) is 0 Å². The molecular formula is C14H19NOS2. The minimum atomic E-state index is 0.315. The number of rotatable bonds is 5. The Morgan fingerprint density at radius 1 is 1.39 bits per heavy atom. The minimum absolute atomic E-state index is 0.315. The second-order valence-electron chi connectivity index (χ2n) is 4.40. The lowest BCUT2D eigenvalue weighted by atomic mass is 10.4. The van der Waals surface area contributed by atoms with Crippen molar-refractivity contribution in [2.45, 2.75) is 23.0 Å². The molecule has 1 saturated heterocycles. The summed E-state index contributed by atoms with van der Waals surface area (Å²) in [6.45, 7) is 1.89. The molecule has 0 spiro atoms. The molecule has 2 nitrogen and oxygen atoms in total. The van der Waals surface area contributed by atoms with Crippen molar-refractivity contribution in [3.05, 3.63) is 30.3 Å². The topological polar surface area (TPSA) is 20.3 Å². The van der Waals surface area contributed by atoms with Gasteiger partial charge < -0.3 is 4.90 Å². The Hall–Kier alpha value is -0.610. The second-order valence-corrected chi connectivity index (χ2v) is 6.70. The molecule has 1 aromatic carbocycles. The number of carbonyl (C=O) groups is 1. The van der Waals surface area contributed by atoms with Crippen LogP contribution >= 0.6 is 23.5 Å². The van der Waals surface area contributed by atoms with Gasteiger partial charge in [-0.2, -0.15) is 11.8 Å². The summed E-state index contributed by atoms with van der Waals surface area (Å²) in [5.74, 6) is 1.19. The first-order chi connectivity index (χ1) is 8.79. The van der Waals surface area contributed by atoms with Gasteiger partial charge in [0.05, 0.1) is 0 Å². The highest BCUT2D eigenvalue weighted by atomic mass is 32.2. The summed E-state index contributed by atoms with van der Waals surface area (Å²) in [5, 5.41) is 0.649. The zero-order valence-electron chi connectivity index (χ0n) is 10.7. The maximum Gasteiger partial charge on any atom is 0.223 e. The molecule has 0 radical (unpaired) electrons. The van der Waals surface area contributed by atoms with Crippen molar-refractivity contribution in [2.24, 2.45) is 0 Å². The van der Waals surface area contributed by atoms with Crippen LogP contribution in [0.15, 0.2) is 35.2 Å². The number of likely N-dealkylation sites (tertiary alicyclic amines) is 1. The number of amides is 1. The first kappa shape index (κ1) is 13.8. The molecule has 1 fully saturated rings. The van der Waals surface area contributed by atoms with Crippen molar-refractivity contribution >= 4 is 29.4 Å². The van der Waals surface area contributed by atoms with Crippen LogP contribution in [0.25, 0.3) is 0 Å². The van der Waals surface area contributed by atoms with Crippen LogP contribution in [0.2, 0.25) is 0 Å². The lowest BCUT2D eigenvalue weighted by Crippen LogP contribution is -2.29. The number of carbonyl (C=O) groups excluding carboxylic acids is 1. The monoisotopic (exact) mass is 281 g/mol. The van der Waals surface area contributed by atoms with E-state index in [1.54, 1.807) is 11.8 Å². The number of benzene rings is 1. The van der Waals surface area contributed by atoms with E-state index in [4.69, 9.17) is 0 Å². The molecule has 0 saturated carbocycles. The predicted molar refractivity (Wildman–Crippen MR) is 80.3 cm³/mol. The Balaban J connectivity index is 1.69. The maximum atomic E-state index is 12.0. The largest absolute Gasteiger partial charge is 0.342 e. The SMILES string of the molecule is CS[C@H]1CCN(C(=O)CCSc2ccccc2)C1. The molecule has 0 bridgehead atoms. The van der Waals surface area contributed by atoms with Crippen molar-refractivity contribution in [2.75, 3.05) is 25.1 Å². The van der Waals surface area contributed by atoms with E-state index in [0.29, 0.717) is 17.6 Å². The lowest BCUT2D eigenvalue weighted by molar-refractivity contribution is -0.129. The number of nitrogens with zero attached hydrogens (tertiary/aromatic N) is 1. The highest BCUT2D eigenvalue weighted by Crippen LogP contribution is 2.22. The minimum Gasteiger partial charge on any atom is -0.342 e. The van der Waals surface area contributed by atoms with Crippen LogP contribution < -0.4 is 0 Å². The van der Waals surface area contributed by atoms with E-state index in [-0.39, 0.29) is 0 Å². The molecule has 4 heteroatoms. The Labute approximate surface area is 118 Å². The summed E-state index contributed by atoms with van der Waals surface area (Å²) in [6.07, 6.45) is 3.93. The van der Waals surface area contributed by atoms with Gasteiger partial charge in [-0.3, -0.25) is 4.79 Å². The van der Waals surface area contributed by atoms with E-state index in [1.807, 2.05) is 34.9 Å². The maximum absolute atomic E-state index is 12.0. The quantitative estimate of drug-likeness (QED) is 0.773. The molecule has 18 heavy (non-hydrogen) atoms. The third-order valence-electron chi connectivity index (χ3n) is 3.16. The van der Waals surface area contributed by atoms with E-state index in [1.165, 1.54) is 4.90 Å². The standard InChI is InChI=1S/C14H19NOS2/c1-17-13-7-9-15(11-13)14(16)8-10-18-12-5-3-2-4-6-12/h2-6,13H,7-11H2,1H3/t13-/m0/s1. The first-order valence-electron chi connectivity index (χ1n) is 6.28. The van der Waals surface area contributed by atoms with Crippen LogP contribution in [-0.2, 0) is 4.79 Å². The first-order valence-corrected chi connectivity index (χ1v) is 8.55. The van der Waals surface area contributed by atoms with Crippen LogP contribution in [0.4, 0.5) is 0 Å². The van der Waals surface area contributed by atoms with Crippen molar-refractivity contribution in [1.29, 1.82) is 0 Å². The fourth-order valence-corrected chi connectivity index (χ4v) is 3.61. The van der Waals surface area contributed by atoms with Crippen LogP contribution in [0.3, 0.4) is 0 Å². The van der Waals surface area contributed by atoms with Gasteiger partial charge >= 0.3 is 0 Å². The third kappa shape index (κ3) is 3.95. The molecule has 0 aliphatic carbocycles. The van der Waals surface area contributed by atoms with Crippen molar-refractivity contribution in [1.82, 2.24) is 4.90 Å². The van der Waals surface area contributed by atoms with E-state index in [0.717, 1.165) is 25.3 Å². The molecule has 0 unspecified atom stereocenters. The average molecular weight is 281 g/mol. The van der Waals surface area contributed by atoms with E-state index < -0.39 is 0 Å². The molecule has 1 aliphatic rings. The normalized spacial score (nSPS) is 19.2. The molecule has 0 aromatic heterocycles. The van der Waals surface area contributed by atoms with Gasteiger partial charge in [-0.05, 0) is 24.8 Å². The Morgan fingerprint density at radius 3 is 2.83 bits per heavy atom. The molecule has 1 aliphatic heterocycles.